The molecule has 1 aromatic carbocycles. The molecule has 0 bridgehead atoms. The first-order chi connectivity index (χ1) is 12.0. The maximum Gasteiger partial charge on any atom is 0.143 e. The summed E-state index contributed by atoms with van der Waals surface area (Å²) < 4.78 is 0. The molecule has 5 nitrogen and oxygen atoms in total. The van der Waals surface area contributed by atoms with E-state index in [0.29, 0.717) is 0 Å². The minimum Gasteiger partial charge on any atom is -0.392 e. The highest BCUT2D eigenvalue weighted by Gasteiger charge is 2.21. The highest BCUT2D eigenvalue weighted by atomic mass is 16.3. The molecule has 1 fully saturated rings. The number of aryl methyl sites for hydroxylation is 1. The first-order valence-corrected chi connectivity index (χ1v) is 9.32. The van der Waals surface area contributed by atoms with E-state index in [1.807, 2.05) is 19.1 Å². The molecule has 2 aromatic rings. The minimum absolute atomic E-state index is 0.229. The lowest BCUT2D eigenvalue weighted by molar-refractivity contribution is 0.0917. The summed E-state index contributed by atoms with van der Waals surface area (Å²) in [5.74, 6) is 1.63. The van der Waals surface area contributed by atoms with Crippen LogP contribution in [0.25, 0.3) is 10.9 Å². The Hall–Kier alpha value is -1.56. The van der Waals surface area contributed by atoms with Crippen molar-refractivity contribution >= 4 is 10.9 Å². The van der Waals surface area contributed by atoms with E-state index in [2.05, 4.69) is 35.9 Å². The summed E-state index contributed by atoms with van der Waals surface area (Å²) in [5.41, 5.74) is 2.09. The summed E-state index contributed by atoms with van der Waals surface area (Å²) in [6, 6.07) is 8.21. The second-order valence-electron chi connectivity index (χ2n) is 7.53. The summed E-state index contributed by atoms with van der Waals surface area (Å²) >= 11 is 0. The van der Waals surface area contributed by atoms with Crippen LogP contribution in [0.3, 0.4) is 0 Å². The zero-order valence-corrected chi connectivity index (χ0v) is 15.6. The average Bonchev–Trinajstić information content (AvgIpc) is 2.56. The Kier molecular flexibility index (Phi) is 5.99. The number of aliphatic hydroxyl groups excluding tert-OH is 1. The molecule has 1 aliphatic rings. The van der Waals surface area contributed by atoms with Gasteiger partial charge in [0.15, 0.2) is 0 Å². The van der Waals surface area contributed by atoms with Gasteiger partial charge in [-0.1, -0.05) is 18.2 Å². The molecule has 1 saturated heterocycles. The van der Waals surface area contributed by atoms with Crippen molar-refractivity contribution in [2.75, 3.05) is 33.2 Å². The summed E-state index contributed by atoms with van der Waals surface area (Å²) in [6.07, 6.45) is 2.18. The second-order valence-corrected chi connectivity index (χ2v) is 7.53. The number of nitrogens with zero attached hydrogens (tertiary/aromatic N) is 4. The van der Waals surface area contributed by atoms with Gasteiger partial charge in [-0.25, -0.2) is 9.97 Å². The van der Waals surface area contributed by atoms with Crippen molar-refractivity contribution in [1.82, 2.24) is 19.8 Å². The average molecular weight is 342 g/mol. The van der Waals surface area contributed by atoms with Gasteiger partial charge >= 0.3 is 0 Å². The van der Waals surface area contributed by atoms with Crippen LogP contribution in [-0.2, 0) is 6.54 Å². The molecule has 0 saturated carbocycles. The molecule has 0 aliphatic carbocycles. The molecular formula is C20H30N4O. The van der Waals surface area contributed by atoms with E-state index < -0.39 is 0 Å². The number of aliphatic hydroxyl groups is 1. The first kappa shape index (κ1) is 18.2. The maximum atomic E-state index is 9.51. The Morgan fingerprint density at radius 1 is 1.24 bits per heavy atom. The normalized spacial score (nSPS) is 18.1. The predicted molar refractivity (Wildman–Crippen MR) is 101 cm³/mol. The van der Waals surface area contributed by atoms with Crippen LogP contribution in [0.15, 0.2) is 24.3 Å². The number of piperidine rings is 1. The van der Waals surface area contributed by atoms with Gasteiger partial charge in [-0.2, -0.15) is 0 Å². The predicted octanol–water partition coefficient (Wildman–Crippen LogP) is 2.46. The summed E-state index contributed by atoms with van der Waals surface area (Å²) in [7, 11) is 2.16. The van der Waals surface area contributed by atoms with Gasteiger partial charge in [-0.05, 0) is 58.8 Å². The van der Waals surface area contributed by atoms with Gasteiger partial charge < -0.3 is 10.0 Å². The van der Waals surface area contributed by atoms with Crippen LogP contribution in [0, 0.1) is 12.8 Å². The maximum absolute atomic E-state index is 9.51. The Morgan fingerprint density at radius 2 is 1.96 bits per heavy atom. The van der Waals surface area contributed by atoms with Crippen molar-refractivity contribution in [3.63, 3.8) is 0 Å². The smallest absolute Gasteiger partial charge is 0.143 e. The van der Waals surface area contributed by atoms with Gasteiger partial charge in [0.1, 0.15) is 5.82 Å². The molecule has 0 unspecified atom stereocenters. The van der Waals surface area contributed by atoms with Crippen LogP contribution in [0.1, 0.15) is 31.3 Å². The zero-order valence-electron chi connectivity index (χ0n) is 15.6. The standard InChI is InChI=1S/C20H30N4O/c1-15(25)12-24-10-8-17(9-11-24)13-23(3)14-20-21-16(2)18-6-4-5-7-19(18)22-20/h4-7,15,17,25H,8-14H2,1-3H3/t15-/m0/s1. The number of aromatic nitrogens is 2. The SMILES string of the molecule is Cc1nc(CN(C)CC2CCN(C[C@H](C)O)CC2)nc2ccccc12. The Bertz CT molecular complexity index is 695. The fourth-order valence-corrected chi connectivity index (χ4v) is 3.84. The lowest BCUT2D eigenvalue weighted by Gasteiger charge is -2.34. The molecule has 25 heavy (non-hydrogen) atoms. The minimum atomic E-state index is -0.229. The topological polar surface area (TPSA) is 52.5 Å². The summed E-state index contributed by atoms with van der Waals surface area (Å²) in [4.78, 5) is 14.1. The largest absolute Gasteiger partial charge is 0.392 e. The third-order valence-electron chi connectivity index (χ3n) is 5.05. The Morgan fingerprint density at radius 3 is 2.68 bits per heavy atom. The van der Waals surface area contributed by atoms with Gasteiger partial charge in [-0.15, -0.1) is 0 Å². The zero-order chi connectivity index (χ0) is 17.8. The van der Waals surface area contributed by atoms with Crippen molar-refractivity contribution < 1.29 is 5.11 Å². The number of benzene rings is 1. The molecule has 1 aliphatic heterocycles. The van der Waals surface area contributed by atoms with Crippen molar-refractivity contribution in [1.29, 1.82) is 0 Å². The quantitative estimate of drug-likeness (QED) is 0.874. The van der Waals surface area contributed by atoms with Crippen molar-refractivity contribution in [2.45, 2.75) is 39.3 Å². The van der Waals surface area contributed by atoms with Gasteiger partial charge in [0.2, 0.25) is 0 Å². The third kappa shape index (κ3) is 4.97. The highest BCUT2D eigenvalue weighted by molar-refractivity contribution is 5.80. The molecule has 0 amide bonds. The van der Waals surface area contributed by atoms with Crippen LogP contribution >= 0.6 is 0 Å². The number of hydrogen-bond acceptors (Lipinski definition) is 5. The van der Waals surface area contributed by atoms with E-state index in [0.717, 1.165) is 61.1 Å². The molecule has 0 radical (unpaired) electrons. The van der Waals surface area contributed by atoms with E-state index in [4.69, 9.17) is 9.97 Å². The number of β-amino-alcohol motifs (C(OH)–C–C–N with tert-alkyl or cyclic N) is 1. The molecule has 1 N–H and O–H groups in total. The van der Waals surface area contributed by atoms with Crippen LogP contribution < -0.4 is 0 Å². The number of rotatable bonds is 6. The molecule has 2 heterocycles. The molecule has 136 valence electrons. The molecule has 1 atom stereocenters. The fraction of sp³-hybridized carbons (Fsp3) is 0.600. The number of hydrogen-bond donors (Lipinski definition) is 1. The van der Waals surface area contributed by atoms with E-state index >= 15 is 0 Å². The van der Waals surface area contributed by atoms with Crippen molar-refractivity contribution in [2.24, 2.45) is 5.92 Å². The lowest BCUT2D eigenvalue weighted by Crippen LogP contribution is -2.40. The molecular weight excluding hydrogens is 312 g/mol. The number of para-hydroxylation sites is 1. The molecule has 5 heteroatoms. The van der Waals surface area contributed by atoms with Gasteiger partial charge in [-0.3, -0.25) is 4.90 Å². The number of fused-ring (bicyclic) bond motifs is 1. The van der Waals surface area contributed by atoms with E-state index in [1.165, 1.54) is 12.8 Å². The van der Waals surface area contributed by atoms with Crippen LogP contribution in [0.4, 0.5) is 0 Å². The molecule has 3 rings (SSSR count). The van der Waals surface area contributed by atoms with Crippen molar-refractivity contribution in [3.8, 4) is 0 Å². The number of likely N-dealkylation sites (tertiary alicyclic amines) is 1. The van der Waals surface area contributed by atoms with Crippen LogP contribution in [0.5, 0.6) is 0 Å². The summed E-state index contributed by atoms with van der Waals surface area (Å²) in [6.45, 7) is 8.78. The second kappa shape index (κ2) is 8.21. The van der Waals surface area contributed by atoms with Gasteiger partial charge in [0.05, 0.1) is 18.2 Å². The Balaban J connectivity index is 1.54. The van der Waals surface area contributed by atoms with Gasteiger partial charge in [0.25, 0.3) is 0 Å². The fourth-order valence-electron chi connectivity index (χ4n) is 3.84. The molecule has 1 aromatic heterocycles. The van der Waals surface area contributed by atoms with E-state index in [-0.39, 0.29) is 6.10 Å². The van der Waals surface area contributed by atoms with Crippen LogP contribution in [0.2, 0.25) is 0 Å². The monoisotopic (exact) mass is 342 g/mol. The van der Waals surface area contributed by atoms with E-state index in [9.17, 15) is 5.11 Å². The first-order valence-electron chi connectivity index (χ1n) is 9.32. The third-order valence-corrected chi connectivity index (χ3v) is 5.05. The molecule has 0 spiro atoms. The van der Waals surface area contributed by atoms with Crippen molar-refractivity contribution in [3.05, 3.63) is 35.8 Å². The Labute approximate surface area is 150 Å². The highest BCUT2D eigenvalue weighted by Crippen LogP contribution is 2.19. The van der Waals surface area contributed by atoms with Crippen LogP contribution in [-0.4, -0.2) is 64.2 Å². The lowest BCUT2D eigenvalue weighted by atomic mass is 9.96. The van der Waals surface area contributed by atoms with E-state index in [1.54, 1.807) is 0 Å². The van der Waals surface area contributed by atoms with Gasteiger partial charge in [0, 0.05) is 24.2 Å². The summed E-state index contributed by atoms with van der Waals surface area (Å²) in [5, 5.41) is 10.7.